The van der Waals surface area contributed by atoms with Crippen molar-refractivity contribution in [1.82, 2.24) is 4.90 Å². The van der Waals surface area contributed by atoms with Crippen LogP contribution in [0.1, 0.15) is 20.8 Å². The molecule has 0 radical (unpaired) electrons. The lowest BCUT2D eigenvalue weighted by atomic mass is 10.2. The first-order chi connectivity index (χ1) is 15.4. The molecule has 1 fully saturated rings. The van der Waals surface area contributed by atoms with Crippen molar-refractivity contribution in [2.45, 2.75) is 25.7 Å². The molecule has 0 aliphatic carbocycles. The lowest BCUT2D eigenvalue weighted by molar-refractivity contribution is -0.122. The van der Waals surface area contributed by atoms with Gasteiger partial charge in [-0.05, 0) is 68.5 Å². The number of nitrogens with zero attached hydrogens (tertiary/aromatic N) is 3. The third-order valence-corrected chi connectivity index (χ3v) is 6.72. The Labute approximate surface area is 197 Å². The van der Waals surface area contributed by atoms with Gasteiger partial charge in [-0.3, -0.25) is 19.4 Å². The first-order valence-corrected chi connectivity index (χ1v) is 11.7. The van der Waals surface area contributed by atoms with Gasteiger partial charge in [-0.25, -0.2) is 0 Å². The Bertz CT molecular complexity index is 1140. The minimum atomic E-state index is -0.102. The van der Waals surface area contributed by atoms with Gasteiger partial charge in [0.25, 0.3) is 5.91 Å². The minimum absolute atomic E-state index is 0.0991. The Morgan fingerprint density at radius 2 is 1.78 bits per heavy atom. The zero-order chi connectivity index (χ0) is 22.8. The van der Waals surface area contributed by atoms with Crippen molar-refractivity contribution in [2.24, 2.45) is 0 Å². The van der Waals surface area contributed by atoms with Gasteiger partial charge in [0.05, 0.1) is 10.7 Å². The van der Waals surface area contributed by atoms with Crippen LogP contribution >= 0.6 is 24.0 Å². The van der Waals surface area contributed by atoms with E-state index in [1.54, 1.807) is 16.7 Å². The molecule has 0 aromatic heterocycles. The maximum Gasteiger partial charge on any atom is 0.277 e. The minimum Gasteiger partial charge on any atom is -0.335 e. The lowest BCUT2D eigenvalue weighted by Crippen LogP contribution is -2.32. The van der Waals surface area contributed by atoms with Crippen LogP contribution in [-0.4, -0.2) is 34.9 Å². The fraction of sp³-hybridized carbons (Fsp3) is 0.208. The van der Waals surface area contributed by atoms with E-state index in [2.05, 4.69) is 17.1 Å². The Kier molecular flexibility index (Phi) is 6.34. The SMILES string of the molecule is CCN1C(=O)/C(=C/C=C2/Sc3cc(NC(C)=O)ccc3N2CC)N(c2ccccc2)C1=S. The molecule has 2 aliphatic rings. The molecule has 1 saturated heterocycles. The van der Waals surface area contributed by atoms with Crippen molar-refractivity contribution >= 4 is 58.0 Å². The number of anilines is 3. The van der Waals surface area contributed by atoms with Crippen LogP contribution in [-0.2, 0) is 9.59 Å². The number of likely N-dealkylation sites (N-methyl/N-ethyl adjacent to an activating group) is 1. The van der Waals surface area contributed by atoms with Crippen LogP contribution in [0.15, 0.2) is 76.3 Å². The van der Waals surface area contributed by atoms with Crippen LogP contribution in [0.25, 0.3) is 0 Å². The molecule has 0 bridgehead atoms. The fourth-order valence-electron chi connectivity index (χ4n) is 3.78. The van der Waals surface area contributed by atoms with Gasteiger partial charge in [0.1, 0.15) is 5.70 Å². The smallest absolute Gasteiger partial charge is 0.277 e. The van der Waals surface area contributed by atoms with E-state index >= 15 is 0 Å². The molecule has 2 aromatic carbocycles. The third kappa shape index (κ3) is 4.03. The molecule has 0 saturated carbocycles. The van der Waals surface area contributed by atoms with E-state index in [0.717, 1.165) is 33.5 Å². The molecule has 4 rings (SSSR count). The molecule has 6 nitrogen and oxygen atoms in total. The average molecular weight is 465 g/mol. The van der Waals surface area contributed by atoms with Crippen molar-refractivity contribution in [1.29, 1.82) is 0 Å². The van der Waals surface area contributed by atoms with Gasteiger partial charge in [0.15, 0.2) is 5.11 Å². The number of nitrogens with one attached hydrogen (secondary N) is 1. The molecule has 2 heterocycles. The molecular weight excluding hydrogens is 440 g/mol. The van der Waals surface area contributed by atoms with E-state index in [-0.39, 0.29) is 11.8 Å². The van der Waals surface area contributed by atoms with E-state index in [0.29, 0.717) is 17.4 Å². The Balaban J connectivity index is 1.70. The quantitative estimate of drug-likeness (QED) is 0.499. The summed E-state index contributed by atoms with van der Waals surface area (Å²) in [5.41, 5.74) is 3.24. The standard InChI is InChI=1S/C24H24N4O2S2/c1-4-26-19-12-11-17(25-16(3)29)15-21(19)32-22(26)14-13-20-23(30)27(5-2)24(31)28(20)18-9-7-6-8-10-18/h6-15H,4-5H2,1-3H3,(H,25,29)/b20-13-,22-14+. The van der Waals surface area contributed by atoms with Crippen LogP contribution in [0.4, 0.5) is 17.1 Å². The number of amides is 2. The topological polar surface area (TPSA) is 55.9 Å². The Morgan fingerprint density at radius 3 is 2.44 bits per heavy atom. The zero-order valence-corrected chi connectivity index (χ0v) is 19.8. The first-order valence-electron chi connectivity index (χ1n) is 10.4. The molecule has 1 N–H and O–H groups in total. The second-order valence-corrected chi connectivity index (χ2v) is 8.70. The molecule has 2 aromatic rings. The van der Waals surface area contributed by atoms with Gasteiger partial charge >= 0.3 is 0 Å². The third-order valence-electron chi connectivity index (χ3n) is 5.21. The zero-order valence-electron chi connectivity index (χ0n) is 18.2. The average Bonchev–Trinajstić information content (AvgIpc) is 3.24. The highest BCUT2D eigenvalue weighted by Gasteiger charge is 2.37. The summed E-state index contributed by atoms with van der Waals surface area (Å²) in [7, 11) is 0. The van der Waals surface area contributed by atoms with Crippen LogP contribution < -0.4 is 15.1 Å². The maximum absolute atomic E-state index is 13.1. The Morgan fingerprint density at radius 1 is 1.06 bits per heavy atom. The van der Waals surface area contributed by atoms with Crippen molar-refractivity contribution in [3.63, 3.8) is 0 Å². The predicted molar refractivity (Wildman–Crippen MR) is 135 cm³/mol. The van der Waals surface area contributed by atoms with Crippen LogP contribution in [0.2, 0.25) is 0 Å². The number of fused-ring (bicyclic) bond motifs is 1. The molecule has 0 atom stereocenters. The summed E-state index contributed by atoms with van der Waals surface area (Å²) in [6.07, 6.45) is 3.82. The van der Waals surface area contributed by atoms with Gasteiger partial charge in [0, 0.05) is 36.3 Å². The maximum atomic E-state index is 13.1. The van der Waals surface area contributed by atoms with Gasteiger partial charge < -0.3 is 10.2 Å². The number of carbonyl (C=O) groups excluding carboxylic acids is 2. The van der Waals surface area contributed by atoms with E-state index in [9.17, 15) is 9.59 Å². The molecule has 2 amide bonds. The number of carbonyl (C=O) groups is 2. The summed E-state index contributed by atoms with van der Waals surface area (Å²) < 4.78 is 0. The number of benzene rings is 2. The number of thioether (sulfide) groups is 1. The number of thiocarbonyl (C=S) groups is 1. The highest BCUT2D eigenvalue weighted by atomic mass is 32.2. The van der Waals surface area contributed by atoms with Crippen LogP contribution in [0, 0.1) is 0 Å². The number of rotatable bonds is 5. The molecule has 164 valence electrons. The highest BCUT2D eigenvalue weighted by molar-refractivity contribution is 8.03. The Hall–Kier alpha value is -3.10. The second-order valence-electron chi connectivity index (χ2n) is 7.27. The summed E-state index contributed by atoms with van der Waals surface area (Å²) in [5.74, 6) is -0.201. The van der Waals surface area contributed by atoms with Gasteiger partial charge in [-0.2, -0.15) is 0 Å². The number of para-hydroxylation sites is 1. The summed E-state index contributed by atoms with van der Waals surface area (Å²) >= 11 is 7.23. The van der Waals surface area contributed by atoms with E-state index in [4.69, 9.17) is 12.2 Å². The number of allylic oxidation sites excluding steroid dienone is 2. The van der Waals surface area contributed by atoms with Crippen molar-refractivity contribution in [2.75, 3.05) is 28.2 Å². The molecule has 32 heavy (non-hydrogen) atoms. The molecule has 0 unspecified atom stereocenters. The molecular formula is C24H24N4O2S2. The molecule has 0 spiro atoms. The predicted octanol–water partition coefficient (Wildman–Crippen LogP) is 4.96. The highest BCUT2D eigenvalue weighted by Crippen LogP contribution is 2.47. The number of hydrogen-bond acceptors (Lipinski definition) is 5. The summed E-state index contributed by atoms with van der Waals surface area (Å²) in [6.45, 7) is 6.80. The van der Waals surface area contributed by atoms with Gasteiger partial charge in [-0.15, -0.1) is 0 Å². The summed E-state index contributed by atoms with van der Waals surface area (Å²) in [6, 6.07) is 15.6. The largest absolute Gasteiger partial charge is 0.335 e. The summed E-state index contributed by atoms with van der Waals surface area (Å²) in [4.78, 5) is 31.2. The summed E-state index contributed by atoms with van der Waals surface area (Å²) in [5, 5.41) is 4.33. The van der Waals surface area contributed by atoms with Crippen molar-refractivity contribution in [3.05, 3.63) is 71.4 Å². The number of hydrogen-bond donors (Lipinski definition) is 1. The monoisotopic (exact) mass is 464 g/mol. The van der Waals surface area contributed by atoms with Crippen molar-refractivity contribution < 1.29 is 9.59 Å². The van der Waals surface area contributed by atoms with E-state index in [1.807, 2.05) is 72.5 Å². The van der Waals surface area contributed by atoms with Crippen molar-refractivity contribution in [3.8, 4) is 0 Å². The lowest BCUT2D eigenvalue weighted by Gasteiger charge is -2.20. The van der Waals surface area contributed by atoms with Gasteiger partial charge in [-0.1, -0.05) is 30.0 Å². The molecule has 2 aliphatic heterocycles. The molecule has 8 heteroatoms. The van der Waals surface area contributed by atoms with E-state index in [1.165, 1.54) is 6.92 Å². The second kappa shape index (κ2) is 9.18. The first kappa shape index (κ1) is 22.1. The normalized spacial score (nSPS) is 18.2. The van der Waals surface area contributed by atoms with E-state index < -0.39 is 0 Å². The van der Waals surface area contributed by atoms with Crippen LogP contribution in [0.3, 0.4) is 0 Å². The van der Waals surface area contributed by atoms with Gasteiger partial charge in [0.2, 0.25) is 5.91 Å². The fourth-order valence-corrected chi connectivity index (χ4v) is 5.37. The van der Waals surface area contributed by atoms with Crippen LogP contribution in [0.5, 0.6) is 0 Å².